The molecule has 0 saturated carbocycles. The average molecular weight is 331 g/mol. The molecule has 0 bridgehead atoms. The normalized spacial score (nSPS) is 13.2. The maximum atomic E-state index is 11.8. The number of phosphoric ester groups is 1. The Morgan fingerprint density at radius 3 is 2.77 bits per heavy atom. The zero-order chi connectivity index (χ0) is 16.4. The van der Waals surface area contributed by atoms with E-state index in [1.54, 1.807) is 12.1 Å². The van der Waals surface area contributed by atoms with Crippen molar-refractivity contribution in [3.8, 4) is 11.5 Å². The molecule has 1 amide bonds. The molecular weight excluding hydrogens is 309 g/mol. The lowest BCUT2D eigenvalue weighted by molar-refractivity contribution is -0.121. The Kier molecular flexibility index (Phi) is 7.95. The number of hydrogen-bond donors (Lipinski definition) is 2. The molecule has 22 heavy (non-hydrogen) atoms. The van der Waals surface area contributed by atoms with Crippen LogP contribution in [-0.2, 0) is 13.9 Å². The number of nitrogens with one attached hydrogen (secondary N) is 1. The second kappa shape index (κ2) is 9.46. The quantitative estimate of drug-likeness (QED) is 0.505. The molecule has 0 heterocycles. The lowest BCUT2D eigenvalue weighted by Gasteiger charge is -2.13. The third-order valence-corrected chi connectivity index (χ3v) is 3.65. The minimum Gasteiger partial charge on any atom is -0.497 e. The molecule has 7 nitrogen and oxygen atoms in total. The van der Waals surface area contributed by atoms with Gasteiger partial charge in [-0.2, -0.15) is 0 Å². The van der Waals surface area contributed by atoms with Crippen molar-refractivity contribution in [3.63, 3.8) is 0 Å². The Labute approximate surface area is 130 Å². The molecule has 0 radical (unpaired) electrons. The number of benzene rings is 1. The number of hydrogen-bond acceptors (Lipinski definition) is 5. The van der Waals surface area contributed by atoms with Crippen LogP contribution in [0.5, 0.6) is 11.5 Å². The van der Waals surface area contributed by atoms with Crippen molar-refractivity contribution in [2.45, 2.75) is 26.2 Å². The fourth-order valence-corrected chi connectivity index (χ4v) is 2.35. The highest BCUT2D eigenvalue weighted by Gasteiger charge is 2.22. The second-order valence-corrected chi connectivity index (χ2v) is 5.90. The molecule has 0 aliphatic heterocycles. The Hall–Kier alpha value is -1.56. The van der Waals surface area contributed by atoms with Crippen molar-refractivity contribution in [1.82, 2.24) is 5.32 Å². The number of methoxy groups -OCH3 is 1. The summed E-state index contributed by atoms with van der Waals surface area (Å²) >= 11 is 0. The SMILES string of the molecule is CCCCC(=O)NCCOP(=O)(O)Oc1cccc(OC)c1. The van der Waals surface area contributed by atoms with Gasteiger partial charge < -0.3 is 14.6 Å². The predicted molar refractivity (Wildman–Crippen MR) is 81.9 cm³/mol. The average Bonchev–Trinajstić information content (AvgIpc) is 2.49. The van der Waals surface area contributed by atoms with E-state index in [1.807, 2.05) is 6.92 Å². The van der Waals surface area contributed by atoms with Crippen LogP contribution in [0.1, 0.15) is 26.2 Å². The molecule has 8 heteroatoms. The predicted octanol–water partition coefficient (Wildman–Crippen LogP) is 2.50. The summed E-state index contributed by atoms with van der Waals surface area (Å²) in [4.78, 5) is 20.9. The van der Waals surface area contributed by atoms with Crippen LogP contribution in [0, 0.1) is 0 Å². The molecule has 1 atom stereocenters. The largest absolute Gasteiger partial charge is 0.527 e. The van der Waals surface area contributed by atoms with Crippen LogP contribution in [-0.4, -0.2) is 31.1 Å². The minimum atomic E-state index is -4.23. The molecular formula is C14H22NO6P. The van der Waals surface area contributed by atoms with E-state index in [1.165, 1.54) is 19.2 Å². The van der Waals surface area contributed by atoms with Crippen molar-refractivity contribution in [1.29, 1.82) is 0 Å². The Bertz CT molecular complexity index is 522. The summed E-state index contributed by atoms with van der Waals surface area (Å²) in [5.41, 5.74) is 0. The zero-order valence-electron chi connectivity index (χ0n) is 12.8. The Balaban J connectivity index is 2.34. The number of unbranched alkanes of at least 4 members (excludes halogenated alkanes) is 1. The van der Waals surface area contributed by atoms with Crippen LogP contribution in [0.4, 0.5) is 0 Å². The van der Waals surface area contributed by atoms with Crippen LogP contribution in [0.2, 0.25) is 0 Å². The van der Waals surface area contributed by atoms with Gasteiger partial charge in [-0.3, -0.25) is 14.2 Å². The topological polar surface area (TPSA) is 94.1 Å². The van der Waals surface area contributed by atoms with E-state index in [0.29, 0.717) is 12.2 Å². The van der Waals surface area contributed by atoms with Gasteiger partial charge in [-0.05, 0) is 18.6 Å². The highest BCUT2D eigenvalue weighted by atomic mass is 31.2. The Morgan fingerprint density at radius 2 is 2.09 bits per heavy atom. The van der Waals surface area contributed by atoms with Crippen molar-refractivity contribution in [3.05, 3.63) is 24.3 Å². The maximum Gasteiger partial charge on any atom is 0.527 e. The van der Waals surface area contributed by atoms with Gasteiger partial charge in [0.2, 0.25) is 5.91 Å². The zero-order valence-corrected chi connectivity index (χ0v) is 13.7. The molecule has 0 spiro atoms. The van der Waals surface area contributed by atoms with Crippen LogP contribution < -0.4 is 14.6 Å². The van der Waals surface area contributed by atoms with Gasteiger partial charge in [0, 0.05) is 19.0 Å². The van der Waals surface area contributed by atoms with Gasteiger partial charge in [-0.1, -0.05) is 19.4 Å². The van der Waals surface area contributed by atoms with Crippen LogP contribution >= 0.6 is 7.82 Å². The van der Waals surface area contributed by atoms with E-state index >= 15 is 0 Å². The van der Waals surface area contributed by atoms with E-state index < -0.39 is 7.82 Å². The van der Waals surface area contributed by atoms with Crippen LogP contribution in [0.25, 0.3) is 0 Å². The summed E-state index contributed by atoms with van der Waals surface area (Å²) in [6.45, 7) is 2.03. The molecule has 1 rings (SSSR count). The van der Waals surface area contributed by atoms with Crippen LogP contribution in [0.15, 0.2) is 24.3 Å². The van der Waals surface area contributed by atoms with Gasteiger partial charge in [0.25, 0.3) is 0 Å². The third-order valence-electron chi connectivity index (χ3n) is 2.70. The van der Waals surface area contributed by atoms with Crippen molar-refractivity contribution < 1.29 is 28.0 Å². The standard InChI is InChI=1S/C14H22NO6P/c1-3-4-8-14(16)15-9-10-20-22(17,18)21-13-7-5-6-12(11-13)19-2/h5-7,11H,3-4,8-10H2,1-2H3,(H,15,16)(H,17,18). The van der Waals surface area contributed by atoms with Gasteiger partial charge in [0.05, 0.1) is 13.7 Å². The molecule has 1 aromatic carbocycles. The highest BCUT2D eigenvalue weighted by molar-refractivity contribution is 7.47. The van der Waals surface area contributed by atoms with Gasteiger partial charge >= 0.3 is 7.82 Å². The number of ether oxygens (including phenoxy) is 1. The molecule has 124 valence electrons. The summed E-state index contributed by atoms with van der Waals surface area (Å²) in [6, 6.07) is 6.30. The van der Waals surface area contributed by atoms with Gasteiger partial charge in [0.1, 0.15) is 11.5 Å². The summed E-state index contributed by atoms with van der Waals surface area (Å²) in [7, 11) is -2.75. The maximum absolute atomic E-state index is 11.8. The molecule has 0 fully saturated rings. The first-order chi connectivity index (χ1) is 10.5. The first kappa shape index (κ1) is 18.5. The fraction of sp³-hybridized carbons (Fsp3) is 0.500. The van der Waals surface area contributed by atoms with Gasteiger partial charge in [0.15, 0.2) is 0 Å². The lowest BCUT2D eigenvalue weighted by atomic mass is 10.2. The minimum absolute atomic E-state index is 0.105. The number of carbonyl (C=O) groups is 1. The van der Waals surface area contributed by atoms with Gasteiger partial charge in [-0.15, -0.1) is 0 Å². The smallest absolute Gasteiger partial charge is 0.497 e. The number of phosphoric acid groups is 1. The summed E-state index contributed by atoms with van der Waals surface area (Å²) in [5, 5.41) is 2.60. The Morgan fingerprint density at radius 1 is 1.36 bits per heavy atom. The lowest BCUT2D eigenvalue weighted by Crippen LogP contribution is -2.26. The monoisotopic (exact) mass is 331 g/mol. The number of amides is 1. The van der Waals surface area contributed by atoms with Crippen molar-refractivity contribution >= 4 is 13.7 Å². The van der Waals surface area contributed by atoms with Crippen LogP contribution in [0.3, 0.4) is 0 Å². The summed E-state index contributed by atoms with van der Waals surface area (Å²) < 4.78 is 26.5. The molecule has 1 aromatic rings. The molecule has 0 aliphatic carbocycles. The van der Waals surface area contributed by atoms with E-state index in [0.717, 1.165) is 12.8 Å². The third kappa shape index (κ3) is 7.45. The first-order valence-electron chi connectivity index (χ1n) is 7.04. The van der Waals surface area contributed by atoms with E-state index in [4.69, 9.17) is 13.8 Å². The van der Waals surface area contributed by atoms with Crippen molar-refractivity contribution in [2.24, 2.45) is 0 Å². The summed E-state index contributed by atoms with van der Waals surface area (Å²) in [6.07, 6.45) is 2.18. The first-order valence-corrected chi connectivity index (χ1v) is 8.54. The van der Waals surface area contributed by atoms with E-state index in [-0.39, 0.29) is 24.8 Å². The van der Waals surface area contributed by atoms with Crippen molar-refractivity contribution in [2.75, 3.05) is 20.3 Å². The molecule has 1 unspecified atom stereocenters. The molecule has 2 N–H and O–H groups in total. The molecule has 0 saturated heterocycles. The number of carbonyl (C=O) groups excluding carboxylic acids is 1. The van der Waals surface area contributed by atoms with E-state index in [9.17, 15) is 14.3 Å². The molecule has 0 aliphatic rings. The molecule has 0 aromatic heterocycles. The van der Waals surface area contributed by atoms with E-state index in [2.05, 4.69) is 5.32 Å². The second-order valence-electron chi connectivity index (χ2n) is 4.53. The number of rotatable bonds is 10. The highest BCUT2D eigenvalue weighted by Crippen LogP contribution is 2.44. The fourth-order valence-electron chi connectivity index (χ4n) is 1.59. The summed E-state index contributed by atoms with van der Waals surface area (Å²) in [5.74, 6) is 0.560. The van der Waals surface area contributed by atoms with Gasteiger partial charge in [-0.25, -0.2) is 4.57 Å².